The average Bonchev–Trinajstić information content (AvgIpc) is 2.56. The summed E-state index contributed by atoms with van der Waals surface area (Å²) in [6.07, 6.45) is 5.79. The van der Waals surface area contributed by atoms with E-state index in [-0.39, 0.29) is 5.54 Å². The van der Waals surface area contributed by atoms with Crippen LogP contribution >= 0.6 is 11.3 Å². The van der Waals surface area contributed by atoms with Crippen molar-refractivity contribution in [2.45, 2.75) is 72.3 Å². The van der Waals surface area contributed by atoms with Crippen molar-refractivity contribution in [1.29, 1.82) is 0 Å². The number of rotatable bonds is 2. The minimum Gasteiger partial charge on any atom is -0.325 e. The van der Waals surface area contributed by atoms with Gasteiger partial charge in [-0.25, -0.2) is 4.98 Å². The van der Waals surface area contributed by atoms with Crippen LogP contribution in [0.4, 0.5) is 0 Å². The van der Waals surface area contributed by atoms with E-state index >= 15 is 0 Å². The molecule has 19 heavy (non-hydrogen) atoms. The number of hydrogen-bond acceptors (Lipinski definition) is 3. The predicted molar refractivity (Wildman–Crippen MR) is 83.6 cm³/mol. The van der Waals surface area contributed by atoms with Crippen LogP contribution in [0, 0.1) is 25.2 Å². The molecule has 0 spiro atoms. The van der Waals surface area contributed by atoms with Gasteiger partial charge in [-0.05, 0) is 50.9 Å². The number of hydrogen-bond donors (Lipinski definition) is 1. The molecule has 2 nitrogen and oxygen atoms in total. The minimum atomic E-state index is -0.0154. The molecule has 1 aromatic rings. The fourth-order valence-corrected chi connectivity index (χ4v) is 4.24. The Kier molecular flexibility index (Phi) is 4.08. The summed E-state index contributed by atoms with van der Waals surface area (Å²) in [5.74, 6) is 0.823. The monoisotopic (exact) mass is 280 g/mol. The highest BCUT2D eigenvalue weighted by atomic mass is 32.1. The molecule has 0 bridgehead atoms. The lowest BCUT2D eigenvalue weighted by atomic mass is 9.67. The summed E-state index contributed by atoms with van der Waals surface area (Å²) in [6.45, 7) is 11.3. The molecule has 0 radical (unpaired) electrons. The Morgan fingerprint density at radius 3 is 2.26 bits per heavy atom. The van der Waals surface area contributed by atoms with E-state index in [1.165, 1.54) is 28.4 Å². The van der Waals surface area contributed by atoms with Gasteiger partial charge in [-0.1, -0.05) is 20.8 Å². The summed E-state index contributed by atoms with van der Waals surface area (Å²) >= 11 is 1.82. The van der Waals surface area contributed by atoms with Crippen molar-refractivity contribution in [3.05, 3.63) is 15.6 Å². The number of nitrogens with two attached hydrogens (primary N) is 1. The number of thiazole rings is 1. The Hall–Kier alpha value is -0.410. The molecular weight excluding hydrogens is 252 g/mol. The van der Waals surface area contributed by atoms with E-state index in [0.29, 0.717) is 5.41 Å². The maximum Gasteiger partial charge on any atom is 0.0949 e. The molecular formula is C16H28N2S. The van der Waals surface area contributed by atoms with Crippen molar-refractivity contribution < 1.29 is 0 Å². The van der Waals surface area contributed by atoms with Crippen LogP contribution in [0.3, 0.4) is 0 Å². The van der Waals surface area contributed by atoms with Gasteiger partial charge < -0.3 is 5.73 Å². The first-order valence-corrected chi connectivity index (χ1v) is 8.23. The van der Waals surface area contributed by atoms with Gasteiger partial charge in [-0.2, -0.15) is 0 Å². The highest BCUT2D eigenvalue weighted by Crippen LogP contribution is 2.41. The molecule has 108 valence electrons. The van der Waals surface area contributed by atoms with Gasteiger partial charge in [0.15, 0.2) is 0 Å². The standard InChI is InChI=1S/C16H28N2S/c1-11-12(2)19-14(18-11)10-16(17)8-6-13(7-9-16)15(3,4)5/h13H,6-10,17H2,1-5H3. The van der Waals surface area contributed by atoms with Gasteiger partial charge in [-0.15, -0.1) is 11.3 Å². The van der Waals surface area contributed by atoms with E-state index in [1.54, 1.807) is 0 Å². The SMILES string of the molecule is Cc1nc(CC2(N)CCC(C(C)(C)C)CC2)sc1C. The zero-order chi connectivity index (χ0) is 14.3. The third-order valence-electron chi connectivity index (χ3n) is 4.78. The van der Waals surface area contributed by atoms with Crippen molar-refractivity contribution in [3.63, 3.8) is 0 Å². The second-order valence-electron chi connectivity index (χ2n) is 7.43. The topological polar surface area (TPSA) is 38.9 Å². The minimum absolute atomic E-state index is 0.0154. The van der Waals surface area contributed by atoms with Gasteiger partial charge in [0.05, 0.1) is 10.7 Å². The molecule has 0 amide bonds. The fraction of sp³-hybridized carbons (Fsp3) is 0.812. The molecule has 1 aromatic heterocycles. The Labute approximate surface area is 121 Å². The summed E-state index contributed by atoms with van der Waals surface area (Å²) in [7, 11) is 0. The quantitative estimate of drug-likeness (QED) is 0.880. The van der Waals surface area contributed by atoms with Gasteiger partial charge in [0.2, 0.25) is 0 Å². The zero-order valence-corrected chi connectivity index (χ0v) is 13.9. The predicted octanol–water partition coefficient (Wildman–Crippen LogP) is 4.24. The normalized spacial score (nSPS) is 28.6. The lowest BCUT2D eigenvalue weighted by molar-refractivity contribution is 0.134. The van der Waals surface area contributed by atoms with Gasteiger partial charge in [-0.3, -0.25) is 0 Å². The summed E-state index contributed by atoms with van der Waals surface area (Å²) in [6, 6.07) is 0. The Morgan fingerprint density at radius 2 is 1.84 bits per heavy atom. The van der Waals surface area contributed by atoms with Crippen LogP contribution in [-0.4, -0.2) is 10.5 Å². The third kappa shape index (κ3) is 3.57. The van der Waals surface area contributed by atoms with Gasteiger partial charge in [0.1, 0.15) is 0 Å². The van der Waals surface area contributed by atoms with E-state index in [2.05, 4.69) is 39.6 Å². The van der Waals surface area contributed by atoms with Crippen molar-refractivity contribution in [1.82, 2.24) is 4.98 Å². The number of aryl methyl sites for hydroxylation is 2. The highest BCUT2D eigenvalue weighted by molar-refractivity contribution is 7.11. The van der Waals surface area contributed by atoms with Crippen molar-refractivity contribution in [2.75, 3.05) is 0 Å². The smallest absolute Gasteiger partial charge is 0.0949 e. The van der Waals surface area contributed by atoms with Crippen LogP contribution in [0.1, 0.15) is 62.0 Å². The molecule has 1 fully saturated rings. The Bertz CT molecular complexity index is 415. The van der Waals surface area contributed by atoms with Gasteiger partial charge in [0, 0.05) is 16.8 Å². The van der Waals surface area contributed by atoms with E-state index < -0.39 is 0 Å². The van der Waals surface area contributed by atoms with E-state index in [0.717, 1.165) is 25.2 Å². The summed E-state index contributed by atoms with van der Waals surface area (Å²) in [5.41, 5.74) is 8.21. The van der Waals surface area contributed by atoms with Crippen molar-refractivity contribution >= 4 is 11.3 Å². The second-order valence-corrected chi connectivity index (χ2v) is 8.72. The lowest BCUT2D eigenvalue weighted by Crippen LogP contribution is -2.46. The maximum atomic E-state index is 6.62. The van der Waals surface area contributed by atoms with Crippen molar-refractivity contribution in [3.8, 4) is 0 Å². The number of aromatic nitrogens is 1. The Morgan fingerprint density at radius 1 is 1.26 bits per heavy atom. The summed E-state index contributed by atoms with van der Waals surface area (Å²) in [5, 5.41) is 1.23. The molecule has 0 aromatic carbocycles. The first-order chi connectivity index (χ1) is 8.70. The van der Waals surface area contributed by atoms with Crippen molar-refractivity contribution in [2.24, 2.45) is 17.1 Å². The molecule has 1 aliphatic rings. The lowest BCUT2D eigenvalue weighted by Gasteiger charge is -2.41. The largest absolute Gasteiger partial charge is 0.325 e. The molecule has 1 aliphatic carbocycles. The molecule has 3 heteroatoms. The number of nitrogens with zero attached hydrogens (tertiary/aromatic N) is 1. The maximum absolute atomic E-state index is 6.62. The van der Waals surface area contributed by atoms with Crippen LogP contribution in [0.5, 0.6) is 0 Å². The zero-order valence-electron chi connectivity index (χ0n) is 13.0. The van der Waals surface area contributed by atoms with Crippen LogP contribution < -0.4 is 5.73 Å². The first-order valence-electron chi connectivity index (χ1n) is 7.41. The Balaban J connectivity index is 1.98. The summed E-state index contributed by atoms with van der Waals surface area (Å²) < 4.78 is 0. The van der Waals surface area contributed by atoms with E-state index in [9.17, 15) is 0 Å². The molecule has 1 saturated carbocycles. The fourth-order valence-electron chi connectivity index (χ4n) is 3.15. The third-order valence-corrected chi connectivity index (χ3v) is 5.86. The molecule has 1 heterocycles. The van der Waals surface area contributed by atoms with E-state index in [1.807, 2.05) is 11.3 Å². The molecule has 2 rings (SSSR count). The van der Waals surface area contributed by atoms with Crippen LogP contribution in [0.25, 0.3) is 0 Å². The van der Waals surface area contributed by atoms with Crippen LogP contribution in [-0.2, 0) is 6.42 Å². The molecule has 0 atom stereocenters. The molecule has 2 N–H and O–H groups in total. The molecule has 0 aliphatic heterocycles. The van der Waals surface area contributed by atoms with E-state index in [4.69, 9.17) is 5.73 Å². The van der Waals surface area contributed by atoms with Crippen LogP contribution in [0.15, 0.2) is 0 Å². The second kappa shape index (κ2) is 5.17. The van der Waals surface area contributed by atoms with Gasteiger partial charge in [0.25, 0.3) is 0 Å². The average molecular weight is 280 g/mol. The summed E-state index contributed by atoms with van der Waals surface area (Å²) in [4.78, 5) is 5.99. The molecule has 0 saturated heterocycles. The van der Waals surface area contributed by atoms with Crippen LogP contribution in [0.2, 0.25) is 0 Å². The van der Waals surface area contributed by atoms with Gasteiger partial charge >= 0.3 is 0 Å². The molecule has 0 unspecified atom stereocenters. The first kappa shape index (κ1) is 15.0. The highest BCUT2D eigenvalue weighted by Gasteiger charge is 2.36.